The molecule has 1 amide bonds. The number of aryl methyl sites for hydroxylation is 1. The number of halogens is 7. The fourth-order valence-electron chi connectivity index (χ4n) is 4.71. The van der Waals surface area contributed by atoms with Gasteiger partial charge in [-0.2, -0.15) is 26.3 Å². The Balaban J connectivity index is 2.18. The largest absolute Gasteiger partial charge is 0.416 e. The van der Waals surface area contributed by atoms with Crippen LogP contribution >= 0.6 is 0 Å². The Morgan fingerprint density at radius 1 is 0.837 bits per heavy atom. The van der Waals surface area contributed by atoms with Crippen molar-refractivity contribution in [3.05, 3.63) is 76.7 Å². The number of aliphatic hydroxyl groups is 2. The molecule has 0 spiro atoms. The third-order valence-electron chi connectivity index (χ3n) is 7.14. The van der Waals surface area contributed by atoms with E-state index in [9.17, 15) is 45.7 Å². The summed E-state index contributed by atoms with van der Waals surface area (Å²) in [4.78, 5) is 21.1. The highest BCUT2D eigenvalue weighted by Gasteiger charge is 2.41. The van der Waals surface area contributed by atoms with Crippen LogP contribution < -0.4 is 9.80 Å². The van der Waals surface area contributed by atoms with Crippen LogP contribution in [-0.2, 0) is 22.6 Å². The van der Waals surface area contributed by atoms with Crippen LogP contribution in [0.3, 0.4) is 0 Å². The Morgan fingerprint density at radius 3 is 1.93 bits per heavy atom. The zero-order chi connectivity index (χ0) is 32.3. The maximum atomic E-state index is 14.0. The number of nitrogens with zero attached hydrogens (tertiary/aromatic N) is 3. The van der Waals surface area contributed by atoms with Crippen molar-refractivity contribution in [1.82, 2.24) is 4.98 Å². The number of aromatic nitrogens is 1. The van der Waals surface area contributed by atoms with Crippen LogP contribution in [0.15, 0.2) is 48.7 Å². The molecule has 2 N–H and O–H groups in total. The van der Waals surface area contributed by atoms with E-state index in [1.54, 1.807) is 17.9 Å². The van der Waals surface area contributed by atoms with Gasteiger partial charge in [0.1, 0.15) is 11.6 Å². The molecule has 6 nitrogen and oxygen atoms in total. The van der Waals surface area contributed by atoms with Crippen LogP contribution in [0.5, 0.6) is 0 Å². The van der Waals surface area contributed by atoms with E-state index < -0.39 is 46.2 Å². The van der Waals surface area contributed by atoms with Gasteiger partial charge in [0, 0.05) is 32.3 Å². The summed E-state index contributed by atoms with van der Waals surface area (Å²) in [6.45, 7) is 4.21. The number of anilines is 2. The summed E-state index contributed by atoms with van der Waals surface area (Å²) in [6.07, 6.45) is -8.51. The Hall–Kier alpha value is -3.71. The second kappa shape index (κ2) is 12.9. The van der Waals surface area contributed by atoms with Gasteiger partial charge in [0.05, 0.1) is 35.0 Å². The minimum atomic E-state index is -5.09. The Kier molecular flexibility index (Phi) is 10.1. The van der Waals surface area contributed by atoms with E-state index in [1.165, 1.54) is 45.3 Å². The molecule has 0 aliphatic carbocycles. The SMILES string of the molecule is Cc1cc(F)ccc1-c1cc(N(CCO)CCCO)ncc1N(C)C(=O)C(C)(C)c1cc(C(F)(F)F)cc(C(F)(F)F)c1. The predicted molar refractivity (Wildman–Crippen MR) is 148 cm³/mol. The Labute approximate surface area is 244 Å². The quantitative estimate of drug-likeness (QED) is 0.260. The highest BCUT2D eigenvalue weighted by molar-refractivity contribution is 6.03. The first kappa shape index (κ1) is 33.8. The second-order valence-electron chi connectivity index (χ2n) is 10.6. The molecule has 0 fully saturated rings. The van der Waals surface area contributed by atoms with Crippen LogP contribution in [-0.4, -0.2) is 54.5 Å². The number of benzene rings is 2. The third-order valence-corrected chi connectivity index (χ3v) is 7.14. The van der Waals surface area contributed by atoms with Gasteiger partial charge in [-0.1, -0.05) is 6.07 Å². The van der Waals surface area contributed by atoms with Gasteiger partial charge in [0.25, 0.3) is 0 Å². The fourth-order valence-corrected chi connectivity index (χ4v) is 4.71. The number of hydrogen-bond acceptors (Lipinski definition) is 5. The minimum absolute atomic E-state index is 0.000750. The van der Waals surface area contributed by atoms with Crippen molar-refractivity contribution in [1.29, 1.82) is 0 Å². The topological polar surface area (TPSA) is 76.9 Å². The standard InChI is InChI=1S/C30H32F7N3O3/c1-18-12-22(31)6-7-23(18)24-16-26(40(9-11-42)8-5-10-41)38-17-25(24)39(4)27(43)28(2,3)19-13-20(29(32,33)34)15-21(14-19)30(35,36)37/h6-7,12-17,41-42H,5,8-11H2,1-4H3. The van der Waals surface area contributed by atoms with Crippen LogP contribution in [0.1, 0.15) is 42.5 Å². The number of carbonyl (C=O) groups is 1. The van der Waals surface area contributed by atoms with Crippen molar-refractivity contribution in [2.24, 2.45) is 0 Å². The molecule has 0 saturated heterocycles. The molecular formula is C30H32F7N3O3. The molecule has 0 aliphatic rings. The molecule has 43 heavy (non-hydrogen) atoms. The summed E-state index contributed by atoms with van der Waals surface area (Å²) in [5, 5.41) is 18.8. The first-order chi connectivity index (χ1) is 19.9. The van der Waals surface area contributed by atoms with Crippen molar-refractivity contribution < 1.29 is 45.7 Å². The van der Waals surface area contributed by atoms with Gasteiger partial charge in [0.2, 0.25) is 5.91 Å². The molecule has 13 heteroatoms. The van der Waals surface area contributed by atoms with Crippen molar-refractivity contribution in [3.8, 4) is 11.1 Å². The molecule has 0 bridgehead atoms. The van der Waals surface area contributed by atoms with Crippen LogP contribution in [0.25, 0.3) is 11.1 Å². The van der Waals surface area contributed by atoms with Crippen molar-refractivity contribution in [2.75, 3.05) is 43.2 Å². The lowest BCUT2D eigenvalue weighted by Gasteiger charge is -2.32. The van der Waals surface area contributed by atoms with E-state index >= 15 is 0 Å². The summed E-state index contributed by atoms with van der Waals surface area (Å²) in [6, 6.07) is 6.60. The van der Waals surface area contributed by atoms with Crippen molar-refractivity contribution >= 4 is 17.4 Å². The number of alkyl halides is 6. The molecule has 3 rings (SSSR count). The van der Waals surface area contributed by atoms with Crippen LogP contribution in [0.4, 0.5) is 42.2 Å². The van der Waals surface area contributed by atoms with Crippen LogP contribution in [0, 0.1) is 12.7 Å². The van der Waals surface area contributed by atoms with E-state index in [0.29, 0.717) is 47.6 Å². The molecule has 1 heterocycles. The molecule has 234 valence electrons. The molecule has 0 unspecified atom stereocenters. The molecule has 0 atom stereocenters. The molecule has 0 saturated carbocycles. The summed E-state index contributed by atoms with van der Waals surface area (Å²) >= 11 is 0. The van der Waals surface area contributed by atoms with Gasteiger partial charge in [-0.15, -0.1) is 0 Å². The van der Waals surface area contributed by atoms with E-state index in [2.05, 4.69) is 4.98 Å². The van der Waals surface area contributed by atoms with Gasteiger partial charge >= 0.3 is 12.4 Å². The lowest BCUT2D eigenvalue weighted by molar-refractivity contribution is -0.143. The lowest BCUT2D eigenvalue weighted by atomic mass is 9.81. The Bertz CT molecular complexity index is 1420. The van der Waals surface area contributed by atoms with Gasteiger partial charge in [-0.3, -0.25) is 4.79 Å². The number of rotatable bonds is 10. The summed E-state index contributed by atoms with van der Waals surface area (Å²) < 4.78 is 95.3. The van der Waals surface area contributed by atoms with E-state index in [-0.39, 0.29) is 31.5 Å². The van der Waals surface area contributed by atoms with Gasteiger partial charge in [-0.05, 0) is 80.3 Å². The molecule has 1 aromatic heterocycles. The summed E-state index contributed by atoms with van der Waals surface area (Å²) in [5.74, 6) is -0.988. The summed E-state index contributed by atoms with van der Waals surface area (Å²) in [7, 11) is 1.32. The zero-order valence-corrected chi connectivity index (χ0v) is 23.9. The minimum Gasteiger partial charge on any atom is -0.396 e. The Morgan fingerprint density at radius 2 is 1.42 bits per heavy atom. The highest BCUT2D eigenvalue weighted by atomic mass is 19.4. The smallest absolute Gasteiger partial charge is 0.396 e. The lowest BCUT2D eigenvalue weighted by Crippen LogP contribution is -2.42. The number of hydrogen-bond donors (Lipinski definition) is 2. The molecule has 0 radical (unpaired) electrons. The average molecular weight is 616 g/mol. The summed E-state index contributed by atoms with van der Waals surface area (Å²) in [5.41, 5.74) is -3.94. The first-order valence-corrected chi connectivity index (χ1v) is 13.2. The second-order valence-corrected chi connectivity index (χ2v) is 10.6. The number of aliphatic hydroxyl groups excluding tert-OH is 2. The van der Waals surface area contributed by atoms with Crippen LogP contribution in [0.2, 0.25) is 0 Å². The van der Waals surface area contributed by atoms with Gasteiger partial charge in [-0.25, -0.2) is 9.37 Å². The third kappa shape index (κ3) is 7.63. The maximum Gasteiger partial charge on any atom is 0.416 e. The number of carbonyl (C=O) groups excluding carboxylic acids is 1. The number of pyridine rings is 1. The van der Waals surface area contributed by atoms with E-state index in [0.717, 1.165) is 4.90 Å². The highest BCUT2D eigenvalue weighted by Crippen LogP contribution is 2.41. The van der Waals surface area contributed by atoms with Gasteiger partial charge in [0.15, 0.2) is 0 Å². The normalized spacial score (nSPS) is 12.4. The fraction of sp³-hybridized carbons (Fsp3) is 0.400. The zero-order valence-electron chi connectivity index (χ0n) is 23.9. The van der Waals surface area contributed by atoms with Crippen molar-refractivity contribution in [2.45, 2.75) is 45.0 Å². The van der Waals surface area contributed by atoms with Crippen molar-refractivity contribution in [3.63, 3.8) is 0 Å². The average Bonchev–Trinajstić information content (AvgIpc) is 2.93. The van der Waals surface area contributed by atoms with E-state index in [4.69, 9.17) is 0 Å². The number of amides is 1. The maximum absolute atomic E-state index is 14.0. The molecule has 3 aromatic rings. The monoisotopic (exact) mass is 615 g/mol. The predicted octanol–water partition coefficient (Wildman–Crippen LogP) is 6.36. The molecule has 2 aromatic carbocycles. The molecular weight excluding hydrogens is 583 g/mol. The molecule has 0 aliphatic heterocycles. The van der Waals surface area contributed by atoms with Gasteiger partial charge < -0.3 is 20.0 Å². The number of likely N-dealkylation sites (N-methyl/N-ethyl adjacent to an activating group) is 1. The van der Waals surface area contributed by atoms with E-state index in [1.807, 2.05) is 0 Å². The first-order valence-electron chi connectivity index (χ1n) is 13.2.